The Morgan fingerprint density at radius 1 is 1.00 bits per heavy atom. The summed E-state index contributed by atoms with van der Waals surface area (Å²) in [6.45, 7) is 0.577. The molecule has 32 heavy (non-hydrogen) atoms. The highest BCUT2D eigenvalue weighted by atomic mass is 32.2. The standard InChI is InChI=1S/C24H19N3O4S/c25-24(28)18-14-26-23-17(22(18)27-19-9-5-10-20-16(19)12-13-31-20)8-4-11-21(23)32(29,30)15-6-2-1-3-7-15/h1-11,14H,12-13H2,(H2,25,28)(H,26,27). The third-order valence-electron chi connectivity index (χ3n) is 5.47. The molecule has 0 atom stereocenters. The number of carbonyl (C=O) groups is 1. The Morgan fingerprint density at radius 2 is 1.78 bits per heavy atom. The summed E-state index contributed by atoms with van der Waals surface area (Å²) < 4.78 is 32.3. The van der Waals surface area contributed by atoms with Crippen LogP contribution >= 0.6 is 0 Å². The first-order valence-corrected chi connectivity index (χ1v) is 11.5. The molecule has 3 N–H and O–H groups in total. The fourth-order valence-corrected chi connectivity index (χ4v) is 5.38. The Balaban J connectivity index is 1.73. The number of hydrogen-bond donors (Lipinski definition) is 2. The lowest BCUT2D eigenvalue weighted by Crippen LogP contribution is -2.15. The minimum Gasteiger partial charge on any atom is -0.493 e. The average molecular weight is 446 g/mol. The van der Waals surface area contributed by atoms with Gasteiger partial charge in [-0.05, 0) is 30.3 Å². The highest BCUT2D eigenvalue weighted by Gasteiger charge is 2.24. The SMILES string of the molecule is NC(=O)c1cnc2c(S(=O)(=O)c3ccccc3)cccc2c1Nc1cccc2c1CCO2. The molecule has 7 nitrogen and oxygen atoms in total. The van der Waals surface area contributed by atoms with E-state index in [0.717, 1.165) is 23.4 Å². The Morgan fingerprint density at radius 3 is 2.56 bits per heavy atom. The van der Waals surface area contributed by atoms with E-state index < -0.39 is 15.7 Å². The van der Waals surface area contributed by atoms with Gasteiger partial charge < -0.3 is 15.8 Å². The molecule has 1 aliphatic heterocycles. The highest BCUT2D eigenvalue weighted by Crippen LogP contribution is 2.37. The Kier molecular flexibility index (Phi) is 4.79. The first-order chi connectivity index (χ1) is 15.5. The van der Waals surface area contributed by atoms with E-state index >= 15 is 0 Å². The smallest absolute Gasteiger partial charge is 0.252 e. The molecule has 1 amide bonds. The van der Waals surface area contributed by atoms with Crippen molar-refractivity contribution in [3.8, 4) is 5.75 Å². The summed E-state index contributed by atoms with van der Waals surface area (Å²) in [5.41, 5.74) is 8.22. The Hall–Kier alpha value is -3.91. The lowest BCUT2D eigenvalue weighted by atomic mass is 10.1. The van der Waals surface area contributed by atoms with Gasteiger partial charge in [-0.3, -0.25) is 9.78 Å². The number of para-hydroxylation sites is 1. The van der Waals surface area contributed by atoms with Crippen LogP contribution in [0.5, 0.6) is 5.75 Å². The molecular weight excluding hydrogens is 426 g/mol. The van der Waals surface area contributed by atoms with E-state index in [1.807, 2.05) is 18.2 Å². The molecule has 3 aromatic carbocycles. The number of anilines is 2. The quantitative estimate of drug-likeness (QED) is 0.483. The molecule has 0 radical (unpaired) electrons. The fourth-order valence-electron chi connectivity index (χ4n) is 3.93. The number of primary amides is 1. The van der Waals surface area contributed by atoms with Crippen molar-refractivity contribution >= 4 is 38.0 Å². The summed E-state index contributed by atoms with van der Waals surface area (Å²) in [5.74, 6) is 0.114. The predicted molar refractivity (Wildman–Crippen MR) is 121 cm³/mol. The van der Waals surface area contributed by atoms with E-state index in [2.05, 4.69) is 10.3 Å². The zero-order chi connectivity index (χ0) is 22.3. The van der Waals surface area contributed by atoms with Crippen LogP contribution in [-0.2, 0) is 16.3 Å². The number of fused-ring (bicyclic) bond motifs is 2. The van der Waals surface area contributed by atoms with Gasteiger partial charge in [0.2, 0.25) is 9.84 Å². The number of hydrogen-bond acceptors (Lipinski definition) is 6. The molecule has 160 valence electrons. The van der Waals surface area contributed by atoms with Gasteiger partial charge in [0, 0.05) is 29.3 Å². The molecular formula is C24H19N3O4S. The van der Waals surface area contributed by atoms with Crippen LogP contribution < -0.4 is 15.8 Å². The summed E-state index contributed by atoms with van der Waals surface area (Å²) in [5, 5.41) is 3.78. The molecule has 0 aliphatic carbocycles. The van der Waals surface area contributed by atoms with E-state index in [9.17, 15) is 13.2 Å². The van der Waals surface area contributed by atoms with Gasteiger partial charge >= 0.3 is 0 Å². The van der Waals surface area contributed by atoms with Crippen molar-refractivity contribution < 1.29 is 17.9 Å². The molecule has 1 aromatic heterocycles. The van der Waals surface area contributed by atoms with Gasteiger partial charge in [-0.15, -0.1) is 0 Å². The third kappa shape index (κ3) is 3.25. The van der Waals surface area contributed by atoms with Gasteiger partial charge in [-0.1, -0.05) is 36.4 Å². The van der Waals surface area contributed by atoms with Gasteiger partial charge in [0.1, 0.15) is 5.75 Å². The van der Waals surface area contributed by atoms with Gasteiger partial charge in [0.25, 0.3) is 5.91 Å². The topological polar surface area (TPSA) is 111 Å². The second kappa shape index (κ2) is 7.65. The summed E-state index contributed by atoms with van der Waals surface area (Å²) in [6.07, 6.45) is 2.04. The summed E-state index contributed by atoms with van der Waals surface area (Å²) in [7, 11) is -3.82. The molecule has 0 saturated carbocycles. The molecule has 0 unspecified atom stereocenters. The molecule has 2 heterocycles. The van der Waals surface area contributed by atoms with E-state index in [0.29, 0.717) is 17.7 Å². The number of pyridine rings is 1. The van der Waals surface area contributed by atoms with Crippen LogP contribution in [0, 0.1) is 0 Å². The fraction of sp³-hybridized carbons (Fsp3) is 0.0833. The molecule has 0 saturated heterocycles. The number of nitrogens with one attached hydrogen (secondary N) is 1. The Labute approximate surface area is 184 Å². The van der Waals surface area contributed by atoms with Crippen LogP contribution in [0.2, 0.25) is 0 Å². The Bertz CT molecular complexity index is 1470. The van der Waals surface area contributed by atoms with Crippen molar-refractivity contribution in [2.45, 2.75) is 16.2 Å². The number of nitrogens with two attached hydrogens (primary N) is 1. The molecule has 0 bridgehead atoms. The summed E-state index contributed by atoms with van der Waals surface area (Å²) in [6, 6.07) is 18.7. The van der Waals surface area contributed by atoms with Gasteiger partial charge in [0.05, 0.1) is 33.2 Å². The van der Waals surface area contributed by atoms with Crippen LogP contribution in [-0.4, -0.2) is 25.9 Å². The number of amides is 1. The van der Waals surface area contributed by atoms with Crippen molar-refractivity contribution in [3.63, 3.8) is 0 Å². The molecule has 8 heteroatoms. The molecule has 5 rings (SSSR count). The monoisotopic (exact) mass is 445 g/mol. The average Bonchev–Trinajstić information content (AvgIpc) is 3.29. The zero-order valence-corrected chi connectivity index (χ0v) is 17.7. The predicted octanol–water partition coefficient (Wildman–Crippen LogP) is 3.85. The molecule has 0 fully saturated rings. The minimum atomic E-state index is -3.82. The lowest BCUT2D eigenvalue weighted by molar-refractivity contribution is 0.100. The number of sulfone groups is 1. The van der Waals surface area contributed by atoms with E-state index in [1.54, 1.807) is 42.5 Å². The largest absolute Gasteiger partial charge is 0.493 e. The first-order valence-electron chi connectivity index (χ1n) is 10.00. The maximum atomic E-state index is 13.3. The van der Waals surface area contributed by atoms with Gasteiger partial charge in [-0.25, -0.2) is 8.42 Å². The number of rotatable bonds is 5. The van der Waals surface area contributed by atoms with E-state index in [4.69, 9.17) is 10.5 Å². The van der Waals surface area contributed by atoms with Gasteiger partial charge in [0.15, 0.2) is 0 Å². The van der Waals surface area contributed by atoms with E-state index in [1.165, 1.54) is 12.3 Å². The van der Waals surface area contributed by atoms with Crippen LogP contribution in [0.4, 0.5) is 11.4 Å². The number of ether oxygens (including phenoxy) is 1. The molecule has 1 aliphatic rings. The maximum Gasteiger partial charge on any atom is 0.252 e. The first kappa shape index (κ1) is 20.0. The lowest BCUT2D eigenvalue weighted by Gasteiger charge is -2.16. The molecule has 4 aromatic rings. The van der Waals surface area contributed by atoms with Crippen molar-refractivity contribution in [2.75, 3.05) is 11.9 Å². The number of nitrogens with zero attached hydrogens (tertiary/aromatic N) is 1. The number of carbonyl (C=O) groups excluding carboxylic acids is 1. The molecule has 0 spiro atoms. The zero-order valence-electron chi connectivity index (χ0n) is 16.9. The number of benzene rings is 3. The van der Waals surface area contributed by atoms with Gasteiger partial charge in [-0.2, -0.15) is 0 Å². The minimum absolute atomic E-state index is 0.0573. The van der Waals surface area contributed by atoms with Crippen molar-refractivity contribution in [1.82, 2.24) is 4.98 Å². The van der Waals surface area contributed by atoms with Crippen LogP contribution in [0.25, 0.3) is 10.9 Å². The van der Waals surface area contributed by atoms with Crippen LogP contribution in [0.15, 0.2) is 82.7 Å². The maximum absolute atomic E-state index is 13.3. The number of aromatic nitrogens is 1. The van der Waals surface area contributed by atoms with Crippen molar-refractivity contribution in [3.05, 3.63) is 84.1 Å². The highest BCUT2D eigenvalue weighted by molar-refractivity contribution is 7.91. The van der Waals surface area contributed by atoms with E-state index in [-0.39, 0.29) is 20.9 Å². The summed E-state index contributed by atoms with van der Waals surface area (Å²) in [4.78, 5) is 16.7. The third-order valence-corrected chi connectivity index (χ3v) is 7.27. The second-order valence-electron chi connectivity index (χ2n) is 7.39. The van der Waals surface area contributed by atoms with Crippen LogP contribution in [0.3, 0.4) is 0 Å². The van der Waals surface area contributed by atoms with Crippen molar-refractivity contribution in [2.24, 2.45) is 5.73 Å². The second-order valence-corrected chi connectivity index (χ2v) is 9.30. The normalized spacial score (nSPS) is 12.9. The van der Waals surface area contributed by atoms with Crippen LogP contribution in [0.1, 0.15) is 15.9 Å². The van der Waals surface area contributed by atoms with Crippen molar-refractivity contribution in [1.29, 1.82) is 0 Å². The summed E-state index contributed by atoms with van der Waals surface area (Å²) >= 11 is 0.